The van der Waals surface area contributed by atoms with Gasteiger partial charge in [0.15, 0.2) is 0 Å². The fraction of sp³-hybridized carbons (Fsp3) is 0.632. The molecule has 1 amide bonds. The molecule has 2 fully saturated rings. The van der Waals surface area contributed by atoms with Crippen LogP contribution in [0, 0.1) is 23.1 Å². The van der Waals surface area contributed by atoms with Crippen molar-refractivity contribution in [1.82, 2.24) is 4.72 Å². The third-order valence-electron chi connectivity index (χ3n) is 5.62. The lowest BCUT2D eigenvalue weighted by atomic mass is 9.85. The van der Waals surface area contributed by atoms with E-state index >= 15 is 0 Å². The van der Waals surface area contributed by atoms with Gasteiger partial charge < -0.3 is 9.84 Å². The molecule has 144 valence electrons. The Hall–Kier alpha value is -0.980. The Morgan fingerprint density at radius 1 is 1.35 bits per heavy atom. The number of hydrogen-bond donors (Lipinski definition) is 2. The van der Waals surface area contributed by atoms with Crippen molar-refractivity contribution in [2.45, 2.75) is 45.1 Å². The van der Waals surface area contributed by atoms with Gasteiger partial charge in [0, 0.05) is 17.7 Å². The number of amides is 1. The second kappa shape index (κ2) is 7.21. The van der Waals surface area contributed by atoms with Crippen LogP contribution in [-0.2, 0) is 0 Å². The van der Waals surface area contributed by atoms with Crippen LogP contribution in [0.3, 0.4) is 0 Å². The molecule has 2 aliphatic carbocycles. The van der Waals surface area contributed by atoms with Crippen LogP contribution < -0.4 is 9.46 Å². The van der Waals surface area contributed by atoms with E-state index in [0.717, 1.165) is 37.6 Å². The van der Waals surface area contributed by atoms with Crippen LogP contribution in [0.15, 0.2) is 12.1 Å². The Bertz CT molecular complexity index is 696. The molecule has 1 aromatic carbocycles. The lowest BCUT2D eigenvalue weighted by molar-refractivity contribution is 0.0488. The number of halogens is 2. The van der Waals surface area contributed by atoms with Crippen LogP contribution >= 0.6 is 23.5 Å². The molecule has 0 aromatic heterocycles. The molecule has 0 aliphatic heterocycles. The molecule has 0 heterocycles. The first-order valence-electron chi connectivity index (χ1n) is 8.80. The van der Waals surface area contributed by atoms with E-state index in [9.17, 15) is 14.3 Å². The first-order chi connectivity index (χ1) is 12.1. The minimum absolute atomic E-state index is 0.0134. The second-order valence-electron chi connectivity index (χ2n) is 8.33. The summed E-state index contributed by atoms with van der Waals surface area (Å²) in [6.45, 7) is 4.53. The van der Waals surface area contributed by atoms with Gasteiger partial charge in [-0.05, 0) is 50.5 Å². The van der Waals surface area contributed by atoms with Gasteiger partial charge in [-0.3, -0.25) is 9.52 Å². The molecule has 0 saturated heterocycles. The molecule has 1 aromatic rings. The Labute approximate surface area is 163 Å². The molecule has 2 saturated carbocycles. The zero-order valence-corrected chi connectivity index (χ0v) is 16.8. The molecule has 2 N–H and O–H groups in total. The molecule has 4 nitrogen and oxygen atoms in total. The van der Waals surface area contributed by atoms with Crippen LogP contribution in [0.25, 0.3) is 0 Å². The Morgan fingerprint density at radius 2 is 1.96 bits per heavy atom. The van der Waals surface area contributed by atoms with E-state index in [-0.39, 0.29) is 21.8 Å². The fourth-order valence-electron chi connectivity index (χ4n) is 4.70. The van der Waals surface area contributed by atoms with E-state index in [1.165, 1.54) is 12.1 Å². The van der Waals surface area contributed by atoms with Crippen LogP contribution in [0.5, 0.6) is 5.75 Å². The van der Waals surface area contributed by atoms with Crippen molar-refractivity contribution in [2.75, 3.05) is 12.9 Å². The third kappa shape index (κ3) is 4.12. The second-order valence-corrected chi connectivity index (χ2v) is 9.35. The number of ether oxygens (including phenoxy) is 1. The standard InChI is InChI=1S/C19H25ClFNO3S/c1-18(6-11-8-19(2,24)9-12(11)7-18)10-25-16-5-15(21)13(4-14(16)20)17(23)22-26-3/h4-5,11-12,24H,6-10H2,1-3H3,(H,22,23). The van der Waals surface area contributed by atoms with Gasteiger partial charge in [-0.15, -0.1) is 0 Å². The van der Waals surface area contributed by atoms with Gasteiger partial charge >= 0.3 is 0 Å². The highest BCUT2D eigenvalue weighted by molar-refractivity contribution is 7.97. The highest BCUT2D eigenvalue weighted by atomic mass is 35.5. The van der Waals surface area contributed by atoms with E-state index in [1.807, 2.05) is 6.92 Å². The van der Waals surface area contributed by atoms with Crippen molar-refractivity contribution in [1.29, 1.82) is 0 Å². The third-order valence-corrected chi connectivity index (χ3v) is 6.30. The van der Waals surface area contributed by atoms with Crippen molar-refractivity contribution in [3.63, 3.8) is 0 Å². The Balaban J connectivity index is 1.65. The van der Waals surface area contributed by atoms with E-state index in [4.69, 9.17) is 16.3 Å². The van der Waals surface area contributed by atoms with E-state index in [2.05, 4.69) is 11.6 Å². The minimum atomic E-state index is -0.652. The highest BCUT2D eigenvalue weighted by Crippen LogP contribution is 2.55. The summed E-state index contributed by atoms with van der Waals surface area (Å²) in [6.07, 6.45) is 5.33. The summed E-state index contributed by atoms with van der Waals surface area (Å²) in [7, 11) is 0. The Morgan fingerprint density at radius 3 is 2.54 bits per heavy atom. The molecule has 2 unspecified atom stereocenters. The van der Waals surface area contributed by atoms with Gasteiger partial charge in [0.05, 0.1) is 22.8 Å². The zero-order chi connectivity index (χ0) is 19.1. The highest BCUT2D eigenvalue weighted by Gasteiger charge is 2.50. The summed E-state index contributed by atoms with van der Waals surface area (Å²) in [6, 6.07) is 2.49. The smallest absolute Gasteiger partial charge is 0.264 e. The molecule has 2 atom stereocenters. The summed E-state index contributed by atoms with van der Waals surface area (Å²) in [5, 5.41) is 10.5. The summed E-state index contributed by atoms with van der Waals surface area (Å²) < 4.78 is 22.6. The number of carbonyl (C=O) groups is 1. The van der Waals surface area contributed by atoms with E-state index < -0.39 is 17.3 Å². The molecular formula is C19H25ClFNO3S. The normalized spacial score (nSPS) is 33.2. The van der Waals surface area contributed by atoms with Crippen molar-refractivity contribution in [3.05, 3.63) is 28.5 Å². The molecule has 2 aliphatic rings. The Kier molecular flexibility index (Phi) is 5.48. The van der Waals surface area contributed by atoms with Crippen molar-refractivity contribution >= 4 is 29.5 Å². The summed E-state index contributed by atoms with van der Waals surface area (Å²) >= 11 is 7.30. The van der Waals surface area contributed by atoms with Gasteiger partial charge in [-0.25, -0.2) is 4.39 Å². The van der Waals surface area contributed by atoms with Gasteiger partial charge in [-0.2, -0.15) is 0 Å². The average Bonchev–Trinajstić information content (AvgIpc) is 2.96. The lowest BCUT2D eigenvalue weighted by Gasteiger charge is -2.27. The largest absolute Gasteiger partial charge is 0.491 e. The maximum absolute atomic E-state index is 14.2. The molecule has 26 heavy (non-hydrogen) atoms. The van der Waals surface area contributed by atoms with Crippen molar-refractivity contribution < 1.29 is 19.0 Å². The first-order valence-corrected chi connectivity index (χ1v) is 10.4. The predicted molar refractivity (Wildman–Crippen MR) is 102 cm³/mol. The molecule has 0 bridgehead atoms. The number of carbonyl (C=O) groups excluding carboxylic acids is 1. The van der Waals surface area contributed by atoms with Crippen LogP contribution in [0.4, 0.5) is 4.39 Å². The molecule has 0 radical (unpaired) electrons. The number of benzene rings is 1. The topological polar surface area (TPSA) is 58.6 Å². The lowest BCUT2D eigenvalue weighted by Crippen LogP contribution is -2.26. The molecule has 0 spiro atoms. The van der Waals surface area contributed by atoms with E-state index in [1.54, 1.807) is 6.26 Å². The predicted octanol–water partition coefficient (Wildman–Crippen LogP) is 4.44. The monoisotopic (exact) mass is 401 g/mol. The number of aliphatic hydroxyl groups is 1. The quantitative estimate of drug-likeness (QED) is 0.716. The van der Waals surface area contributed by atoms with Crippen LogP contribution in [-0.4, -0.2) is 29.5 Å². The summed E-state index contributed by atoms with van der Waals surface area (Å²) in [5.74, 6) is 0.119. The summed E-state index contributed by atoms with van der Waals surface area (Å²) in [5.41, 5.74) is -0.655. The van der Waals surface area contributed by atoms with Gasteiger partial charge in [0.2, 0.25) is 0 Å². The van der Waals surface area contributed by atoms with Crippen molar-refractivity contribution in [2.24, 2.45) is 17.3 Å². The molecular weight excluding hydrogens is 377 g/mol. The van der Waals surface area contributed by atoms with E-state index in [0.29, 0.717) is 18.4 Å². The van der Waals surface area contributed by atoms with Gasteiger partial charge in [0.25, 0.3) is 5.91 Å². The maximum Gasteiger partial charge on any atom is 0.264 e. The number of hydrogen-bond acceptors (Lipinski definition) is 4. The SMILES string of the molecule is CSNC(=O)c1cc(Cl)c(OCC2(C)CC3CC(C)(O)CC3C2)cc1F. The minimum Gasteiger partial charge on any atom is -0.491 e. The number of fused-ring (bicyclic) bond motifs is 1. The van der Waals surface area contributed by atoms with Crippen molar-refractivity contribution in [3.8, 4) is 5.75 Å². The van der Waals surface area contributed by atoms with Crippen LogP contribution in [0.1, 0.15) is 49.9 Å². The number of nitrogens with one attached hydrogen (secondary N) is 1. The zero-order valence-electron chi connectivity index (χ0n) is 15.3. The maximum atomic E-state index is 14.2. The molecule has 3 rings (SSSR count). The average molecular weight is 402 g/mol. The first kappa shape index (κ1) is 19.8. The summed E-state index contributed by atoms with van der Waals surface area (Å²) in [4.78, 5) is 11.8. The van der Waals surface area contributed by atoms with Crippen LogP contribution in [0.2, 0.25) is 5.02 Å². The van der Waals surface area contributed by atoms with Gasteiger partial charge in [0.1, 0.15) is 11.6 Å². The number of rotatable bonds is 5. The van der Waals surface area contributed by atoms with Gasteiger partial charge in [-0.1, -0.05) is 30.5 Å². The fourth-order valence-corrected chi connectivity index (χ4v) is 5.22. The molecule has 7 heteroatoms.